The SMILES string of the molecule is N#Cc1cnc(NCC(O)c2ccccc2F)cn1. The fourth-order valence-corrected chi connectivity index (χ4v) is 1.53. The molecule has 96 valence electrons. The molecule has 1 aromatic carbocycles. The van der Waals surface area contributed by atoms with Crippen LogP contribution in [0.2, 0.25) is 0 Å². The maximum absolute atomic E-state index is 13.4. The van der Waals surface area contributed by atoms with Gasteiger partial charge in [-0.15, -0.1) is 0 Å². The summed E-state index contributed by atoms with van der Waals surface area (Å²) in [6, 6.07) is 7.88. The summed E-state index contributed by atoms with van der Waals surface area (Å²) in [4.78, 5) is 7.76. The molecule has 2 rings (SSSR count). The molecule has 0 fully saturated rings. The third kappa shape index (κ3) is 3.24. The maximum atomic E-state index is 13.4. The van der Waals surface area contributed by atoms with E-state index in [9.17, 15) is 9.50 Å². The Labute approximate surface area is 109 Å². The second-order valence-electron chi connectivity index (χ2n) is 3.82. The van der Waals surface area contributed by atoms with E-state index in [0.29, 0.717) is 5.82 Å². The topological polar surface area (TPSA) is 81.8 Å². The summed E-state index contributed by atoms with van der Waals surface area (Å²) in [6.45, 7) is 0.0987. The van der Waals surface area contributed by atoms with Crippen LogP contribution in [0.25, 0.3) is 0 Å². The lowest BCUT2D eigenvalue weighted by atomic mass is 10.1. The van der Waals surface area contributed by atoms with Crippen LogP contribution < -0.4 is 5.32 Å². The van der Waals surface area contributed by atoms with Crippen molar-refractivity contribution in [1.82, 2.24) is 9.97 Å². The highest BCUT2D eigenvalue weighted by Crippen LogP contribution is 2.16. The highest BCUT2D eigenvalue weighted by molar-refractivity contribution is 5.34. The van der Waals surface area contributed by atoms with E-state index in [-0.39, 0.29) is 17.8 Å². The molecule has 0 aliphatic heterocycles. The van der Waals surface area contributed by atoms with E-state index >= 15 is 0 Å². The summed E-state index contributed by atoms with van der Waals surface area (Å²) < 4.78 is 13.4. The van der Waals surface area contributed by atoms with Gasteiger partial charge in [-0.3, -0.25) is 0 Å². The molecule has 0 spiro atoms. The molecule has 1 heterocycles. The van der Waals surface area contributed by atoms with Gasteiger partial charge in [0.15, 0.2) is 5.69 Å². The number of nitrogens with one attached hydrogen (secondary N) is 1. The van der Waals surface area contributed by atoms with Crippen molar-refractivity contribution >= 4 is 5.82 Å². The molecular formula is C13H11FN4O. The first-order valence-corrected chi connectivity index (χ1v) is 5.59. The van der Waals surface area contributed by atoms with Gasteiger partial charge >= 0.3 is 0 Å². The number of halogens is 1. The lowest BCUT2D eigenvalue weighted by Crippen LogP contribution is -2.14. The summed E-state index contributed by atoms with van der Waals surface area (Å²) in [6.07, 6.45) is 1.71. The van der Waals surface area contributed by atoms with Crippen LogP contribution in [-0.2, 0) is 0 Å². The molecule has 19 heavy (non-hydrogen) atoms. The number of nitriles is 1. The fraction of sp³-hybridized carbons (Fsp3) is 0.154. The van der Waals surface area contributed by atoms with Gasteiger partial charge in [0, 0.05) is 12.1 Å². The van der Waals surface area contributed by atoms with Gasteiger partial charge in [-0.2, -0.15) is 5.26 Å². The van der Waals surface area contributed by atoms with Gasteiger partial charge < -0.3 is 10.4 Å². The van der Waals surface area contributed by atoms with Crippen LogP contribution in [0, 0.1) is 17.1 Å². The third-order valence-corrected chi connectivity index (χ3v) is 2.51. The Balaban J connectivity index is 1.98. The first kappa shape index (κ1) is 12.9. The molecule has 0 saturated carbocycles. The minimum atomic E-state index is -0.987. The van der Waals surface area contributed by atoms with E-state index in [0.717, 1.165) is 0 Å². The predicted molar refractivity (Wildman–Crippen MR) is 66.6 cm³/mol. The lowest BCUT2D eigenvalue weighted by molar-refractivity contribution is 0.186. The van der Waals surface area contributed by atoms with Crippen LogP contribution in [0.5, 0.6) is 0 Å². The zero-order valence-electron chi connectivity index (χ0n) is 9.92. The molecule has 0 radical (unpaired) electrons. The molecule has 0 aliphatic carbocycles. The Bertz CT molecular complexity index is 594. The smallest absolute Gasteiger partial charge is 0.158 e. The maximum Gasteiger partial charge on any atom is 0.158 e. The van der Waals surface area contributed by atoms with Crippen LogP contribution >= 0.6 is 0 Å². The number of benzene rings is 1. The van der Waals surface area contributed by atoms with Crippen molar-refractivity contribution in [3.63, 3.8) is 0 Å². The van der Waals surface area contributed by atoms with Gasteiger partial charge in [0.2, 0.25) is 0 Å². The van der Waals surface area contributed by atoms with Gasteiger partial charge in [0.25, 0.3) is 0 Å². The van der Waals surface area contributed by atoms with Crippen molar-refractivity contribution in [3.05, 3.63) is 53.7 Å². The van der Waals surface area contributed by atoms with E-state index < -0.39 is 11.9 Å². The van der Waals surface area contributed by atoms with E-state index in [1.807, 2.05) is 6.07 Å². The Morgan fingerprint density at radius 3 is 2.74 bits per heavy atom. The molecule has 2 aromatic rings. The molecule has 0 bridgehead atoms. The molecular weight excluding hydrogens is 247 g/mol. The van der Waals surface area contributed by atoms with Crippen molar-refractivity contribution in [2.24, 2.45) is 0 Å². The highest BCUT2D eigenvalue weighted by atomic mass is 19.1. The molecule has 0 amide bonds. The largest absolute Gasteiger partial charge is 0.386 e. The van der Waals surface area contributed by atoms with Crippen LogP contribution in [0.1, 0.15) is 17.4 Å². The second kappa shape index (κ2) is 5.89. The first-order valence-electron chi connectivity index (χ1n) is 5.59. The zero-order valence-corrected chi connectivity index (χ0v) is 9.92. The summed E-state index contributed by atoms with van der Waals surface area (Å²) in [7, 11) is 0. The minimum Gasteiger partial charge on any atom is -0.386 e. The Morgan fingerprint density at radius 1 is 1.32 bits per heavy atom. The van der Waals surface area contributed by atoms with E-state index in [2.05, 4.69) is 15.3 Å². The highest BCUT2D eigenvalue weighted by Gasteiger charge is 2.11. The van der Waals surface area contributed by atoms with Crippen molar-refractivity contribution < 1.29 is 9.50 Å². The molecule has 1 atom stereocenters. The summed E-state index contributed by atoms with van der Waals surface area (Å²) >= 11 is 0. The van der Waals surface area contributed by atoms with Crippen LogP contribution in [0.15, 0.2) is 36.7 Å². The van der Waals surface area contributed by atoms with Crippen molar-refractivity contribution in [1.29, 1.82) is 5.26 Å². The van der Waals surface area contributed by atoms with Gasteiger partial charge in [0.05, 0.1) is 18.5 Å². The Hall–Kier alpha value is -2.52. The average molecular weight is 258 g/mol. The number of hydrogen-bond donors (Lipinski definition) is 2. The number of nitrogens with zero attached hydrogens (tertiary/aromatic N) is 3. The van der Waals surface area contributed by atoms with Gasteiger partial charge in [-0.1, -0.05) is 18.2 Å². The molecule has 0 aliphatic rings. The first-order chi connectivity index (χ1) is 9.20. The Kier molecular flexibility index (Phi) is 4.00. The summed E-state index contributed by atoms with van der Waals surface area (Å²) in [5, 5.41) is 21.3. The van der Waals surface area contributed by atoms with E-state index in [1.54, 1.807) is 12.1 Å². The molecule has 0 saturated heterocycles. The van der Waals surface area contributed by atoms with Crippen LogP contribution in [-0.4, -0.2) is 21.6 Å². The van der Waals surface area contributed by atoms with Crippen LogP contribution in [0.4, 0.5) is 10.2 Å². The normalized spacial score (nSPS) is 11.6. The van der Waals surface area contributed by atoms with Gasteiger partial charge in [-0.25, -0.2) is 14.4 Å². The summed E-state index contributed by atoms with van der Waals surface area (Å²) in [5.74, 6) is -0.0444. The Morgan fingerprint density at radius 2 is 2.11 bits per heavy atom. The monoisotopic (exact) mass is 258 g/mol. The number of anilines is 1. The van der Waals surface area contributed by atoms with E-state index in [4.69, 9.17) is 5.26 Å². The van der Waals surface area contributed by atoms with Crippen molar-refractivity contribution in [2.75, 3.05) is 11.9 Å². The minimum absolute atomic E-state index is 0.0987. The molecule has 6 heteroatoms. The third-order valence-electron chi connectivity index (χ3n) is 2.51. The van der Waals surface area contributed by atoms with Gasteiger partial charge in [0.1, 0.15) is 17.7 Å². The van der Waals surface area contributed by atoms with Crippen LogP contribution in [0.3, 0.4) is 0 Å². The lowest BCUT2D eigenvalue weighted by Gasteiger charge is -2.13. The molecule has 1 aromatic heterocycles. The average Bonchev–Trinajstić information content (AvgIpc) is 2.46. The standard InChI is InChI=1S/C13H11FN4O/c14-11-4-2-1-3-10(11)12(19)7-18-13-8-16-9(5-15)6-17-13/h1-4,6,8,12,19H,7H2,(H,17,18). The number of aromatic nitrogens is 2. The quantitative estimate of drug-likeness (QED) is 0.871. The number of rotatable bonds is 4. The number of hydrogen-bond acceptors (Lipinski definition) is 5. The fourth-order valence-electron chi connectivity index (χ4n) is 1.53. The zero-order chi connectivity index (χ0) is 13.7. The number of aliphatic hydroxyl groups is 1. The van der Waals surface area contributed by atoms with Crippen molar-refractivity contribution in [3.8, 4) is 6.07 Å². The molecule has 1 unspecified atom stereocenters. The summed E-state index contributed by atoms with van der Waals surface area (Å²) in [5.41, 5.74) is 0.428. The predicted octanol–water partition coefficient (Wildman–Crippen LogP) is 1.63. The van der Waals surface area contributed by atoms with Crippen molar-refractivity contribution in [2.45, 2.75) is 6.10 Å². The van der Waals surface area contributed by atoms with E-state index in [1.165, 1.54) is 24.5 Å². The van der Waals surface area contributed by atoms with Gasteiger partial charge in [-0.05, 0) is 6.07 Å². The molecule has 2 N–H and O–H groups in total. The molecule has 5 nitrogen and oxygen atoms in total. The second-order valence-corrected chi connectivity index (χ2v) is 3.82. The number of aliphatic hydroxyl groups excluding tert-OH is 1.